The Hall–Kier alpha value is -0.940. The van der Waals surface area contributed by atoms with Crippen molar-refractivity contribution in [2.75, 3.05) is 19.8 Å². The minimum Gasteiger partial charge on any atom is -0.378 e. The van der Waals surface area contributed by atoms with Gasteiger partial charge in [-0.05, 0) is 12.8 Å². The van der Waals surface area contributed by atoms with Crippen molar-refractivity contribution in [1.82, 2.24) is 15.5 Å². The molecule has 1 atom stereocenters. The highest BCUT2D eigenvalue weighted by Gasteiger charge is 2.25. The van der Waals surface area contributed by atoms with E-state index in [1.54, 1.807) is 0 Å². The summed E-state index contributed by atoms with van der Waals surface area (Å²) in [6, 6.07) is 0.102. The Morgan fingerprint density at radius 2 is 2.06 bits per heavy atom. The Morgan fingerprint density at radius 3 is 2.82 bits per heavy atom. The van der Waals surface area contributed by atoms with Gasteiger partial charge in [0.15, 0.2) is 5.82 Å². The molecular formula is C12H19N3O2. The summed E-state index contributed by atoms with van der Waals surface area (Å²) < 4.78 is 10.8. The molecule has 0 amide bonds. The Morgan fingerprint density at radius 1 is 1.18 bits per heavy atom. The van der Waals surface area contributed by atoms with Crippen molar-refractivity contribution in [3.63, 3.8) is 0 Å². The van der Waals surface area contributed by atoms with Crippen LogP contribution in [0.25, 0.3) is 0 Å². The van der Waals surface area contributed by atoms with Gasteiger partial charge in [0, 0.05) is 12.5 Å². The second-order valence-corrected chi connectivity index (χ2v) is 4.91. The maximum atomic E-state index is 5.41. The van der Waals surface area contributed by atoms with E-state index in [1.807, 2.05) is 0 Å². The zero-order chi connectivity index (χ0) is 11.5. The third-order valence-electron chi connectivity index (χ3n) is 3.65. The normalized spacial score (nSPS) is 27.2. The molecule has 1 saturated carbocycles. The van der Waals surface area contributed by atoms with E-state index in [-0.39, 0.29) is 6.04 Å². The van der Waals surface area contributed by atoms with Crippen molar-refractivity contribution >= 4 is 0 Å². The molecule has 3 rings (SSSR count). The van der Waals surface area contributed by atoms with E-state index in [1.165, 1.54) is 32.1 Å². The van der Waals surface area contributed by atoms with Crippen LogP contribution >= 0.6 is 0 Å². The van der Waals surface area contributed by atoms with Gasteiger partial charge >= 0.3 is 0 Å². The summed E-state index contributed by atoms with van der Waals surface area (Å²) in [5.74, 6) is 2.06. The van der Waals surface area contributed by atoms with Gasteiger partial charge < -0.3 is 14.6 Å². The SMILES string of the molecule is C1CCC(c2nc(C3COCCN3)no2)CC1. The molecule has 1 aromatic heterocycles. The molecule has 1 aromatic rings. The third-order valence-corrected chi connectivity index (χ3v) is 3.65. The lowest BCUT2D eigenvalue weighted by Gasteiger charge is -2.20. The van der Waals surface area contributed by atoms with Crippen LogP contribution in [-0.2, 0) is 4.74 Å². The van der Waals surface area contributed by atoms with Crippen LogP contribution < -0.4 is 5.32 Å². The van der Waals surface area contributed by atoms with Crippen molar-refractivity contribution < 1.29 is 9.26 Å². The number of morpholine rings is 1. The first-order valence-electron chi connectivity index (χ1n) is 6.58. The fraction of sp³-hybridized carbons (Fsp3) is 0.833. The van der Waals surface area contributed by atoms with Crippen molar-refractivity contribution in [2.24, 2.45) is 0 Å². The highest BCUT2D eigenvalue weighted by Crippen LogP contribution is 2.31. The number of rotatable bonds is 2. The molecule has 17 heavy (non-hydrogen) atoms. The fourth-order valence-corrected chi connectivity index (χ4v) is 2.64. The van der Waals surface area contributed by atoms with E-state index in [9.17, 15) is 0 Å². The largest absolute Gasteiger partial charge is 0.378 e. The number of hydrogen-bond donors (Lipinski definition) is 1. The Balaban J connectivity index is 1.68. The van der Waals surface area contributed by atoms with Gasteiger partial charge in [0.2, 0.25) is 5.89 Å². The molecule has 1 unspecified atom stereocenters. The van der Waals surface area contributed by atoms with E-state index in [4.69, 9.17) is 9.26 Å². The van der Waals surface area contributed by atoms with Crippen LogP contribution in [0.1, 0.15) is 55.8 Å². The number of nitrogens with zero attached hydrogens (tertiary/aromatic N) is 2. The topological polar surface area (TPSA) is 60.2 Å². The molecule has 1 aliphatic heterocycles. The minimum absolute atomic E-state index is 0.102. The lowest BCUT2D eigenvalue weighted by atomic mass is 9.89. The first kappa shape index (κ1) is 11.2. The highest BCUT2D eigenvalue weighted by molar-refractivity contribution is 5.00. The lowest BCUT2D eigenvalue weighted by Crippen LogP contribution is -2.35. The second-order valence-electron chi connectivity index (χ2n) is 4.91. The molecule has 0 aromatic carbocycles. The van der Waals surface area contributed by atoms with Gasteiger partial charge in [-0.1, -0.05) is 24.4 Å². The van der Waals surface area contributed by atoms with Crippen molar-refractivity contribution in [1.29, 1.82) is 0 Å². The molecule has 2 fully saturated rings. The van der Waals surface area contributed by atoms with E-state index < -0.39 is 0 Å². The van der Waals surface area contributed by atoms with Gasteiger partial charge in [0.25, 0.3) is 0 Å². The number of aromatic nitrogens is 2. The lowest BCUT2D eigenvalue weighted by molar-refractivity contribution is 0.0734. The smallest absolute Gasteiger partial charge is 0.229 e. The molecule has 0 spiro atoms. The molecule has 5 heteroatoms. The zero-order valence-electron chi connectivity index (χ0n) is 10.0. The number of hydrogen-bond acceptors (Lipinski definition) is 5. The van der Waals surface area contributed by atoms with Crippen molar-refractivity contribution in [3.8, 4) is 0 Å². The molecule has 1 aliphatic carbocycles. The monoisotopic (exact) mass is 237 g/mol. The van der Waals surface area contributed by atoms with E-state index in [0.717, 1.165) is 24.9 Å². The van der Waals surface area contributed by atoms with Crippen LogP contribution in [0.4, 0.5) is 0 Å². The summed E-state index contributed by atoms with van der Waals surface area (Å²) in [6.07, 6.45) is 6.29. The van der Waals surface area contributed by atoms with Crippen LogP contribution in [0.15, 0.2) is 4.52 Å². The van der Waals surface area contributed by atoms with E-state index in [2.05, 4.69) is 15.5 Å². The summed E-state index contributed by atoms with van der Waals surface area (Å²) >= 11 is 0. The highest BCUT2D eigenvalue weighted by atomic mass is 16.5. The Labute approximate surface area is 101 Å². The maximum Gasteiger partial charge on any atom is 0.229 e. The Kier molecular flexibility index (Phi) is 3.38. The van der Waals surface area contributed by atoms with Gasteiger partial charge in [0.1, 0.15) is 0 Å². The fourth-order valence-electron chi connectivity index (χ4n) is 2.64. The molecule has 2 heterocycles. The van der Waals surface area contributed by atoms with Crippen LogP contribution in [0, 0.1) is 0 Å². The molecule has 2 aliphatic rings. The molecule has 1 saturated heterocycles. The summed E-state index contributed by atoms with van der Waals surface area (Å²) in [4.78, 5) is 4.54. The first-order valence-corrected chi connectivity index (χ1v) is 6.58. The van der Waals surface area contributed by atoms with E-state index >= 15 is 0 Å². The predicted octanol–water partition coefficient (Wildman–Crippen LogP) is 1.78. The molecule has 1 N–H and O–H groups in total. The third kappa shape index (κ3) is 2.50. The maximum absolute atomic E-state index is 5.41. The standard InChI is InChI=1S/C12H19N3O2/c1-2-4-9(5-3-1)12-14-11(15-17-12)10-8-16-7-6-13-10/h9-10,13H,1-8H2. The summed E-state index contributed by atoms with van der Waals surface area (Å²) in [6.45, 7) is 2.27. The molecule has 0 radical (unpaired) electrons. The van der Waals surface area contributed by atoms with Crippen LogP contribution in [0.5, 0.6) is 0 Å². The van der Waals surface area contributed by atoms with Crippen LogP contribution in [0.3, 0.4) is 0 Å². The molecule has 94 valence electrons. The average Bonchev–Trinajstić information content (AvgIpc) is 2.90. The molecular weight excluding hydrogens is 218 g/mol. The zero-order valence-corrected chi connectivity index (χ0v) is 10.0. The Bertz CT molecular complexity index is 322. The second kappa shape index (κ2) is 5.14. The van der Waals surface area contributed by atoms with Crippen molar-refractivity contribution in [2.45, 2.75) is 44.1 Å². The summed E-state index contributed by atoms with van der Waals surface area (Å²) in [5.41, 5.74) is 0. The van der Waals surface area contributed by atoms with Gasteiger partial charge in [0.05, 0.1) is 19.3 Å². The van der Waals surface area contributed by atoms with Gasteiger partial charge in [-0.2, -0.15) is 4.98 Å². The minimum atomic E-state index is 0.102. The quantitative estimate of drug-likeness (QED) is 0.849. The molecule has 5 nitrogen and oxygen atoms in total. The van der Waals surface area contributed by atoms with Gasteiger partial charge in [-0.3, -0.25) is 0 Å². The first-order chi connectivity index (χ1) is 8.43. The van der Waals surface area contributed by atoms with Gasteiger partial charge in [-0.25, -0.2) is 0 Å². The number of ether oxygens (including phenoxy) is 1. The van der Waals surface area contributed by atoms with E-state index in [0.29, 0.717) is 12.5 Å². The predicted molar refractivity (Wildman–Crippen MR) is 61.7 cm³/mol. The van der Waals surface area contributed by atoms with Crippen molar-refractivity contribution in [3.05, 3.63) is 11.7 Å². The van der Waals surface area contributed by atoms with Gasteiger partial charge in [-0.15, -0.1) is 0 Å². The summed E-state index contributed by atoms with van der Waals surface area (Å²) in [5, 5.41) is 7.43. The average molecular weight is 237 g/mol. The number of nitrogens with one attached hydrogen (secondary N) is 1. The van der Waals surface area contributed by atoms with Crippen LogP contribution in [-0.4, -0.2) is 29.9 Å². The molecule has 0 bridgehead atoms. The summed E-state index contributed by atoms with van der Waals surface area (Å²) in [7, 11) is 0. The van der Waals surface area contributed by atoms with Crippen LogP contribution in [0.2, 0.25) is 0 Å².